The molecule has 2 aromatic heterocycles. The Kier molecular flexibility index (Phi) is 5.69. The number of nitrogens with zero attached hydrogens (tertiary/aromatic N) is 3. The van der Waals surface area contributed by atoms with E-state index in [1.54, 1.807) is 0 Å². The SMILES string of the molecule is Cc1c(C(=O)N2CCC(CN)C2)sc2nc3n(c(=O)c12)CCCCC3.Cl. The van der Waals surface area contributed by atoms with Crippen molar-refractivity contribution in [1.82, 2.24) is 14.5 Å². The minimum atomic E-state index is 0. The van der Waals surface area contributed by atoms with E-state index in [-0.39, 0.29) is 23.9 Å². The molecule has 0 saturated carbocycles. The van der Waals surface area contributed by atoms with Gasteiger partial charge in [-0.1, -0.05) is 6.42 Å². The third-order valence-electron chi connectivity index (χ3n) is 5.51. The maximum atomic E-state index is 13.0. The van der Waals surface area contributed by atoms with Crippen LogP contribution in [0.4, 0.5) is 0 Å². The summed E-state index contributed by atoms with van der Waals surface area (Å²) >= 11 is 1.37. The molecule has 2 aliphatic heterocycles. The van der Waals surface area contributed by atoms with Crippen molar-refractivity contribution in [1.29, 1.82) is 0 Å². The summed E-state index contributed by atoms with van der Waals surface area (Å²) in [4.78, 5) is 33.9. The number of thiophene rings is 1. The molecular formula is C18H25ClN4O2S. The fourth-order valence-electron chi connectivity index (χ4n) is 3.97. The Bertz CT molecular complexity index is 891. The van der Waals surface area contributed by atoms with Gasteiger partial charge in [0.15, 0.2) is 0 Å². The van der Waals surface area contributed by atoms with Crippen molar-refractivity contribution in [3.8, 4) is 0 Å². The second kappa shape index (κ2) is 7.66. The van der Waals surface area contributed by atoms with E-state index in [1.807, 2.05) is 16.4 Å². The summed E-state index contributed by atoms with van der Waals surface area (Å²) < 4.78 is 1.82. The van der Waals surface area contributed by atoms with E-state index in [2.05, 4.69) is 0 Å². The van der Waals surface area contributed by atoms with E-state index in [9.17, 15) is 9.59 Å². The number of aromatic nitrogens is 2. The molecule has 6 nitrogen and oxygen atoms in total. The molecule has 0 radical (unpaired) electrons. The Hall–Kier alpha value is -1.44. The summed E-state index contributed by atoms with van der Waals surface area (Å²) in [6.45, 7) is 4.70. The lowest BCUT2D eigenvalue weighted by Crippen LogP contribution is -2.29. The highest BCUT2D eigenvalue weighted by Gasteiger charge is 2.29. The molecule has 142 valence electrons. The summed E-state index contributed by atoms with van der Waals surface area (Å²) in [5.74, 6) is 1.29. The first-order valence-electron chi connectivity index (χ1n) is 9.12. The van der Waals surface area contributed by atoms with E-state index >= 15 is 0 Å². The molecule has 8 heteroatoms. The van der Waals surface area contributed by atoms with Gasteiger partial charge in [-0.2, -0.15) is 0 Å². The number of carbonyl (C=O) groups is 1. The van der Waals surface area contributed by atoms with Gasteiger partial charge in [-0.3, -0.25) is 14.2 Å². The molecule has 2 N–H and O–H groups in total. The molecule has 0 aliphatic carbocycles. The second-order valence-electron chi connectivity index (χ2n) is 7.17. The standard InChI is InChI=1S/C18H24N4O2S.ClH/c1-11-14-16(20-13-5-3-2-4-7-22(13)17(14)23)25-15(11)18(24)21-8-6-12(9-19)10-21;/h12H,2-10,19H2,1H3;1H. The molecule has 4 heterocycles. The molecule has 1 unspecified atom stereocenters. The number of hydrogen-bond donors (Lipinski definition) is 1. The molecule has 1 fully saturated rings. The first-order chi connectivity index (χ1) is 12.1. The summed E-state index contributed by atoms with van der Waals surface area (Å²) in [7, 11) is 0. The second-order valence-corrected chi connectivity index (χ2v) is 8.17. The number of fused-ring (bicyclic) bond motifs is 2. The number of likely N-dealkylation sites (tertiary alicyclic amines) is 1. The Labute approximate surface area is 162 Å². The van der Waals surface area contributed by atoms with Crippen LogP contribution in [0.5, 0.6) is 0 Å². The van der Waals surface area contributed by atoms with Crippen LogP contribution >= 0.6 is 23.7 Å². The lowest BCUT2D eigenvalue weighted by Gasteiger charge is -2.15. The molecule has 0 spiro atoms. The van der Waals surface area contributed by atoms with Crippen LogP contribution in [-0.4, -0.2) is 40.0 Å². The molecule has 0 aromatic carbocycles. The number of halogens is 1. The topological polar surface area (TPSA) is 81.2 Å². The highest BCUT2D eigenvalue weighted by molar-refractivity contribution is 7.20. The lowest BCUT2D eigenvalue weighted by molar-refractivity contribution is 0.0792. The van der Waals surface area contributed by atoms with E-state index in [1.165, 1.54) is 11.3 Å². The van der Waals surface area contributed by atoms with Crippen LogP contribution in [0.2, 0.25) is 0 Å². The number of rotatable bonds is 2. The van der Waals surface area contributed by atoms with Crippen molar-refractivity contribution in [2.24, 2.45) is 11.7 Å². The maximum absolute atomic E-state index is 13.0. The van der Waals surface area contributed by atoms with Crippen molar-refractivity contribution in [3.05, 3.63) is 26.6 Å². The van der Waals surface area contributed by atoms with Crippen LogP contribution < -0.4 is 11.3 Å². The monoisotopic (exact) mass is 396 g/mol. The lowest BCUT2D eigenvalue weighted by atomic mass is 10.1. The van der Waals surface area contributed by atoms with Gasteiger partial charge in [-0.25, -0.2) is 4.98 Å². The average Bonchev–Trinajstić information content (AvgIpc) is 3.13. The quantitative estimate of drug-likeness (QED) is 0.844. The number of carbonyl (C=O) groups excluding carboxylic acids is 1. The smallest absolute Gasteiger partial charge is 0.264 e. The summed E-state index contributed by atoms with van der Waals surface area (Å²) in [6, 6.07) is 0. The van der Waals surface area contributed by atoms with Crippen molar-refractivity contribution in [2.45, 2.75) is 45.6 Å². The fraction of sp³-hybridized carbons (Fsp3) is 0.611. The highest BCUT2D eigenvalue weighted by Crippen LogP contribution is 2.30. The number of aryl methyl sites for hydroxylation is 2. The first-order valence-corrected chi connectivity index (χ1v) is 9.94. The molecule has 4 rings (SSSR count). The van der Waals surface area contributed by atoms with Gasteiger partial charge in [0, 0.05) is 26.1 Å². The predicted octanol–water partition coefficient (Wildman–Crippen LogP) is 2.34. The molecular weight excluding hydrogens is 372 g/mol. The van der Waals surface area contributed by atoms with E-state index in [0.29, 0.717) is 34.1 Å². The molecule has 26 heavy (non-hydrogen) atoms. The largest absolute Gasteiger partial charge is 0.338 e. The molecule has 1 amide bonds. The van der Waals surface area contributed by atoms with Gasteiger partial charge in [0.05, 0.1) is 10.3 Å². The van der Waals surface area contributed by atoms with Crippen molar-refractivity contribution in [2.75, 3.05) is 19.6 Å². The minimum Gasteiger partial charge on any atom is -0.338 e. The van der Waals surface area contributed by atoms with E-state index in [4.69, 9.17) is 10.7 Å². The van der Waals surface area contributed by atoms with Crippen LogP contribution in [-0.2, 0) is 13.0 Å². The Morgan fingerprint density at radius 2 is 2.12 bits per heavy atom. The number of hydrogen-bond acceptors (Lipinski definition) is 5. The van der Waals surface area contributed by atoms with Crippen LogP contribution in [0.1, 0.15) is 46.7 Å². The summed E-state index contributed by atoms with van der Waals surface area (Å²) in [5, 5.41) is 0.633. The summed E-state index contributed by atoms with van der Waals surface area (Å²) in [5.41, 5.74) is 6.55. The van der Waals surface area contributed by atoms with Gasteiger partial charge in [-0.05, 0) is 44.2 Å². The van der Waals surface area contributed by atoms with Gasteiger partial charge in [0.25, 0.3) is 11.5 Å². The van der Waals surface area contributed by atoms with E-state index < -0.39 is 0 Å². The maximum Gasteiger partial charge on any atom is 0.264 e. The van der Waals surface area contributed by atoms with Gasteiger partial charge in [0.1, 0.15) is 10.7 Å². The number of amides is 1. The third-order valence-corrected chi connectivity index (χ3v) is 6.69. The molecule has 1 saturated heterocycles. The summed E-state index contributed by atoms with van der Waals surface area (Å²) in [6.07, 6.45) is 5.03. The van der Waals surface area contributed by atoms with Crippen molar-refractivity contribution >= 4 is 39.9 Å². The van der Waals surface area contributed by atoms with Crippen molar-refractivity contribution in [3.63, 3.8) is 0 Å². The molecule has 2 aromatic rings. The molecule has 1 atom stereocenters. The van der Waals surface area contributed by atoms with E-state index in [0.717, 1.165) is 56.6 Å². The van der Waals surface area contributed by atoms with Crippen LogP contribution in [0.3, 0.4) is 0 Å². The van der Waals surface area contributed by atoms with Gasteiger partial charge < -0.3 is 10.6 Å². The Morgan fingerprint density at radius 1 is 1.31 bits per heavy atom. The minimum absolute atomic E-state index is 0. The Balaban J connectivity index is 0.00000196. The zero-order valence-electron chi connectivity index (χ0n) is 15.0. The molecule has 2 aliphatic rings. The first kappa shape index (κ1) is 19.3. The van der Waals surface area contributed by atoms with Gasteiger partial charge >= 0.3 is 0 Å². The van der Waals surface area contributed by atoms with Crippen LogP contribution in [0.25, 0.3) is 10.2 Å². The average molecular weight is 397 g/mol. The highest BCUT2D eigenvalue weighted by atomic mass is 35.5. The zero-order valence-corrected chi connectivity index (χ0v) is 16.6. The predicted molar refractivity (Wildman–Crippen MR) is 106 cm³/mol. The van der Waals surface area contributed by atoms with Gasteiger partial charge in [-0.15, -0.1) is 23.7 Å². The normalized spacial score (nSPS) is 19.9. The number of nitrogens with two attached hydrogens (primary N) is 1. The zero-order chi connectivity index (χ0) is 17.6. The van der Waals surface area contributed by atoms with Gasteiger partial charge in [0.2, 0.25) is 0 Å². The van der Waals surface area contributed by atoms with Crippen molar-refractivity contribution < 1.29 is 4.79 Å². The Morgan fingerprint density at radius 3 is 2.85 bits per heavy atom. The third kappa shape index (κ3) is 3.17. The molecule has 0 bridgehead atoms. The van der Waals surface area contributed by atoms with Crippen LogP contribution in [0, 0.1) is 12.8 Å². The fourth-order valence-corrected chi connectivity index (χ4v) is 5.13. The van der Waals surface area contributed by atoms with Crippen LogP contribution in [0.15, 0.2) is 4.79 Å².